The van der Waals surface area contributed by atoms with E-state index < -0.39 is 0 Å². The highest BCUT2D eigenvalue weighted by molar-refractivity contribution is 5.67. The zero-order valence-electron chi connectivity index (χ0n) is 9.19. The zero-order chi connectivity index (χ0) is 11.4. The van der Waals surface area contributed by atoms with Crippen LogP contribution in [0.15, 0.2) is 48.5 Å². The van der Waals surface area contributed by atoms with E-state index in [9.17, 15) is 0 Å². The van der Waals surface area contributed by atoms with Gasteiger partial charge in [0.2, 0.25) is 0 Å². The van der Waals surface area contributed by atoms with Crippen LogP contribution in [-0.2, 0) is 12.8 Å². The highest BCUT2D eigenvalue weighted by Crippen LogP contribution is 2.20. The molecule has 0 unspecified atom stereocenters. The van der Waals surface area contributed by atoms with E-state index in [1.807, 2.05) is 24.3 Å². The van der Waals surface area contributed by atoms with Crippen molar-refractivity contribution in [2.75, 3.05) is 11.5 Å². The number of para-hydroxylation sites is 1. The van der Waals surface area contributed by atoms with Crippen molar-refractivity contribution < 1.29 is 0 Å². The van der Waals surface area contributed by atoms with Gasteiger partial charge in [-0.2, -0.15) is 0 Å². The van der Waals surface area contributed by atoms with Gasteiger partial charge in [-0.1, -0.05) is 42.5 Å². The molecule has 0 heterocycles. The molecular formula is C14H16N2. The fourth-order valence-corrected chi connectivity index (χ4v) is 1.77. The number of nitrogen functional groups attached to an aromatic ring is 2. The molecule has 2 aromatic rings. The number of hydrogen-bond donors (Lipinski definition) is 2. The van der Waals surface area contributed by atoms with Gasteiger partial charge in [-0.3, -0.25) is 0 Å². The molecule has 0 aliphatic rings. The molecule has 0 spiro atoms. The Hall–Kier alpha value is -1.96. The quantitative estimate of drug-likeness (QED) is 0.768. The highest BCUT2D eigenvalue weighted by atomic mass is 14.7. The number of anilines is 2. The first-order valence-electron chi connectivity index (χ1n) is 5.44. The normalized spacial score (nSPS) is 10.2. The highest BCUT2D eigenvalue weighted by Gasteiger charge is 2.02. The Morgan fingerprint density at radius 1 is 0.750 bits per heavy atom. The van der Waals surface area contributed by atoms with Gasteiger partial charge in [0, 0.05) is 0 Å². The Kier molecular flexibility index (Phi) is 3.10. The van der Waals surface area contributed by atoms with E-state index in [1.165, 1.54) is 5.56 Å². The molecule has 0 atom stereocenters. The predicted molar refractivity (Wildman–Crippen MR) is 69.1 cm³/mol. The molecule has 0 fully saturated rings. The minimum absolute atomic E-state index is 0.672. The third-order valence-electron chi connectivity index (χ3n) is 2.76. The summed E-state index contributed by atoms with van der Waals surface area (Å²) in [4.78, 5) is 0. The van der Waals surface area contributed by atoms with Crippen molar-refractivity contribution in [1.82, 2.24) is 0 Å². The van der Waals surface area contributed by atoms with E-state index >= 15 is 0 Å². The van der Waals surface area contributed by atoms with Crippen LogP contribution in [0, 0.1) is 0 Å². The van der Waals surface area contributed by atoms with Crippen molar-refractivity contribution in [1.29, 1.82) is 0 Å². The summed E-state index contributed by atoms with van der Waals surface area (Å²) < 4.78 is 0. The van der Waals surface area contributed by atoms with Gasteiger partial charge >= 0.3 is 0 Å². The summed E-state index contributed by atoms with van der Waals surface area (Å²) in [7, 11) is 0. The number of rotatable bonds is 3. The lowest BCUT2D eigenvalue weighted by atomic mass is 10.0. The Balaban J connectivity index is 2.08. The van der Waals surface area contributed by atoms with Crippen LogP contribution >= 0.6 is 0 Å². The second kappa shape index (κ2) is 4.71. The minimum atomic E-state index is 0.672. The summed E-state index contributed by atoms with van der Waals surface area (Å²) >= 11 is 0. The van der Waals surface area contributed by atoms with Crippen molar-refractivity contribution in [2.45, 2.75) is 12.8 Å². The van der Waals surface area contributed by atoms with Crippen LogP contribution in [-0.4, -0.2) is 0 Å². The molecule has 2 heteroatoms. The van der Waals surface area contributed by atoms with Gasteiger partial charge in [0.1, 0.15) is 0 Å². The van der Waals surface area contributed by atoms with E-state index in [1.54, 1.807) is 0 Å². The van der Waals surface area contributed by atoms with Crippen molar-refractivity contribution >= 4 is 11.4 Å². The first kappa shape index (κ1) is 10.6. The van der Waals surface area contributed by atoms with Gasteiger partial charge in [0.25, 0.3) is 0 Å². The van der Waals surface area contributed by atoms with Gasteiger partial charge in [-0.15, -0.1) is 0 Å². The predicted octanol–water partition coefficient (Wildman–Crippen LogP) is 2.64. The van der Waals surface area contributed by atoms with Crippen molar-refractivity contribution in [3.63, 3.8) is 0 Å². The summed E-state index contributed by atoms with van der Waals surface area (Å²) in [5.41, 5.74) is 15.5. The lowest BCUT2D eigenvalue weighted by Crippen LogP contribution is -2.01. The Morgan fingerprint density at radius 3 is 2.25 bits per heavy atom. The summed E-state index contributed by atoms with van der Waals surface area (Å²) in [5, 5.41) is 0. The monoisotopic (exact) mass is 212 g/mol. The average Bonchev–Trinajstić information content (AvgIpc) is 2.32. The van der Waals surface area contributed by atoms with Gasteiger partial charge in [0.15, 0.2) is 0 Å². The number of aryl methyl sites for hydroxylation is 2. The fourth-order valence-electron chi connectivity index (χ4n) is 1.77. The Bertz CT molecular complexity index is 463. The SMILES string of the molecule is Nc1cccc(CCc2ccccc2)c1N. The van der Waals surface area contributed by atoms with Crippen LogP contribution < -0.4 is 11.5 Å². The van der Waals surface area contributed by atoms with Crippen molar-refractivity contribution in [2.24, 2.45) is 0 Å². The van der Waals surface area contributed by atoms with Crippen LogP contribution in [0.25, 0.3) is 0 Å². The van der Waals surface area contributed by atoms with Crippen molar-refractivity contribution in [3.05, 3.63) is 59.7 Å². The van der Waals surface area contributed by atoms with Crippen LogP contribution in [0.1, 0.15) is 11.1 Å². The summed E-state index contributed by atoms with van der Waals surface area (Å²) in [6, 6.07) is 16.2. The fraction of sp³-hybridized carbons (Fsp3) is 0.143. The standard InChI is InChI=1S/C14H16N2/c15-13-8-4-7-12(14(13)16)10-9-11-5-2-1-3-6-11/h1-8H,9-10,15-16H2. The molecule has 82 valence electrons. The third kappa shape index (κ3) is 2.34. The molecule has 0 radical (unpaired) electrons. The Morgan fingerprint density at radius 2 is 1.50 bits per heavy atom. The first-order valence-corrected chi connectivity index (χ1v) is 5.44. The lowest BCUT2D eigenvalue weighted by Gasteiger charge is -2.07. The second-order valence-corrected chi connectivity index (χ2v) is 3.91. The molecule has 0 aromatic heterocycles. The lowest BCUT2D eigenvalue weighted by molar-refractivity contribution is 0.963. The van der Waals surface area contributed by atoms with E-state index in [0.717, 1.165) is 24.1 Å². The molecule has 0 aliphatic heterocycles. The first-order chi connectivity index (χ1) is 7.77. The molecule has 2 rings (SSSR count). The number of nitrogens with two attached hydrogens (primary N) is 2. The molecule has 0 bridgehead atoms. The molecular weight excluding hydrogens is 196 g/mol. The summed E-state index contributed by atoms with van der Waals surface area (Å²) in [6.45, 7) is 0. The van der Waals surface area contributed by atoms with E-state index in [-0.39, 0.29) is 0 Å². The molecule has 4 N–H and O–H groups in total. The Labute approximate surface area is 95.9 Å². The third-order valence-corrected chi connectivity index (χ3v) is 2.76. The van der Waals surface area contributed by atoms with Gasteiger partial charge < -0.3 is 11.5 Å². The smallest absolute Gasteiger partial charge is 0.0580 e. The number of hydrogen-bond acceptors (Lipinski definition) is 2. The van der Waals surface area contributed by atoms with E-state index in [4.69, 9.17) is 11.5 Å². The van der Waals surface area contributed by atoms with E-state index in [0.29, 0.717) is 5.69 Å². The van der Waals surface area contributed by atoms with Crippen LogP contribution in [0.5, 0.6) is 0 Å². The largest absolute Gasteiger partial charge is 0.397 e. The maximum atomic E-state index is 5.92. The van der Waals surface area contributed by atoms with Crippen LogP contribution in [0.4, 0.5) is 11.4 Å². The number of benzene rings is 2. The maximum Gasteiger partial charge on any atom is 0.0580 e. The molecule has 0 amide bonds. The molecule has 0 saturated heterocycles. The molecule has 16 heavy (non-hydrogen) atoms. The average molecular weight is 212 g/mol. The second-order valence-electron chi connectivity index (χ2n) is 3.91. The molecule has 0 saturated carbocycles. The van der Waals surface area contributed by atoms with Crippen molar-refractivity contribution in [3.8, 4) is 0 Å². The topological polar surface area (TPSA) is 52.0 Å². The summed E-state index contributed by atoms with van der Waals surface area (Å²) in [5.74, 6) is 0. The summed E-state index contributed by atoms with van der Waals surface area (Å²) in [6.07, 6.45) is 1.93. The molecule has 0 aliphatic carbocycles. The maximum absolute atomic E-state index is 5.92. The zero-order valence-corrected chi connectivity index (χ0v) is 9.19. The van der Waals surface area contributed by atoms with E-state index in [2.05, 4.69) is 24.3 Å². The van der Waals surface area contributed by atoms with Gasteiger partial charge in [0.05, 0.1) is 11.4 Å². The molecule has 2 aromatic carbocycles. The van der Waals surface area contributed by atoms with Crippen LogP contribution in [0.2, 0.25) is 0 Å². The van der Waals surface area contributed by atoms with Gasteiger partial charge in [-0.25, -0.2) is 0 Å². The van der Waals surface area contributed by atoms with Crippen LogP contribution in [0.3, 0.4) is 0 Å². The molecule has 2 nitrogen and oxygen atoms in total. The minimum Gasteiger partial charge on any atom is -0.397 e. The van der Waals surface area contributed by atoms with Gasteiger partial charge in [-0.05, 0) is 30.0 Å².